The number of likely N-dealkylation sites (N-methyl/N-ethyl adjacent to an activating group) is 1. The van der Waals surface area contributed by atoms with Gasteiger partial charge in [0, 0.05) is 24.4 Å². The standard InChI is InChI=1S/C15H14F2N2O.C4H10N2O.C2H6/c1-3-4-10(7-9(2)16)15(19)13-12(18)6-5-11(8-20)14(13)17;1-5-2-3-6-4-7;1-2/h3-8,19H,1,18H2,2H3;4-5H,2-3H2,1H3,(H,6,7);1-2H3/b9-7+,10-4+,19-15?;;. The van der Waals surface area contributed by atoms with Gasteiger partial charge in [0.15, 0.2) is 6.29 Å². The molecule has 1 aromatic rings. The lowest BCUT2D eigenvalue weighted by Gasteiger charge is -2.11. The predicted octanol–water partition coefficient (Wildman–Crippen LogP) is 3.55. The molecule has 0 unspecified atom stereocenters. The van der Waals surface area contributed by atoms with Gasteiger partial charge in [-0.15, -0.1) is 0 Å². The molecular formula is C21H30F2N4O2. The third-order valence-electron chi connectivity index (χ3n) is 3.12. The van der Waals surface area contributed by atoms with Gasteiger partial charge >= 0.3 is 0 Å². The molecule has 0 aromatic heterocycles. The Morgan fingerprint density at radius 2 is 1.90 bits per heavy atom. The van der Waals surface area contributed by atoms with Gasteiger partial charge in [0.25, 0.3) is 0 Å². The maximum Gasteiger partial charge on any atom is 0.207 e. The SMILES string of the molecule is C=C/C=C(\C=C(/C)F)C(=N)c1c(N)ccc(C=O)c1F.CC.CNCCNC=O. The van der Waals surface area contributed by atoms with Crippen LogP contribution in [0.3, 0.4) is 0 Å². The molecule has 0 radical (unpaired) electrons. The Kier molecular flexibility index (Phi) is 16.5. The number of carbonyl (C=O) groups excluding carboxylic acids is 2. The highest BCUT2D eigenvalue weighted by Crippen LogP contribution is 2.23. The lowest BCUT2D eigenvalue weighted by molar-refractivity contribution is -0.109. The van der Waals surface area contributed by atoms with E-state index in [9.17, 15) is 18.4 Å². The molecule has 0 aliphatic rings. The Bertz CT molecular complexity index is 740. The fraction of sp³-hybridized carbons (Fsp3) is 0.286. The topological polar surface area (TPSA) is 108 Å². The maximum atomic E-state index is 14.1. The van der Waals surface area contributed by atoms with Crippen molar-refractivity contribution in [1.29, 1.82) is 5.41 Å². The summed E-state index contributed by atoms with van der Waals surface area (Å²) in [5, 5.41) is 13.4. The number of amides is 1. The van der Waals surface area contributed by atoms with Crippen LogP contribution in [0.25, 0.3) is 0 Å². The summed E-state index contributed by atoms with van der Waals surface area (Å²) in [4.78, 5) is 20.3. The molecule has 1 rings (SSSR count). The van der Waals surface area contributed by atoms with Crippen molar-refractivity contribution in [3.63, 3.8) is 0 Å². The van der Waals surface area contributed by atoms with Crippen LogP contribution in [0.5, 0.6) is 0 Å². The van der Waals surface area contributed by atoms with E-state index >= 15 is 0 Å². The molecule has 0 atom stereocenters. The van der Waals surface area contributed by atoms with E-state index in [1.807, 2.05) is 20.9 Å². The summed E-state index contributed by atoms with van der Waals surface area (Å²) in [6.07, 6.45) is 4.80. The van der Waals surface area contributed by atoms with E-state index in [1.165, 1.54) is 31.2 Å². The van der Waals surface area contributed by atoms with Gasteiger partial charge in [0.2, 0.25) is 6.41 Å². The Balaban J connectivity index is 0. The average Bonchev–Trinajstić information content (AvgIpc) is 2.70. The van der Waals surface area contributed by atoms with Gasteiger partial charge < -0.3 is 16.4 Å². The third-order valence-corrected chi connectivity index (χ3v) is 3.12. The Morgan fingerprint density at radius 1 is 1.28 bits per heavy atom. The second-order valence-corrected chi connectivity index (χ2v) is 5.19. The van der Waals surface area contributed by atoms with Crippen LogP contribution in [0, 0.1) is 11.2 Å². The summed E-state index contributed by atoms with van der Waals surface area (Å²) in [6, 6.07) is 2.55. The van der Waals surface area contributed by atoms with Crippen molar-refractivity contribution in [2.75, 3.05) is 25.9 Å². The quantitative estimate of drug-likeness (QED) is 0.165. The van der Waals surface area contributed by atoms with E-state index in [1.54, 1.807) is 0 Å². The smallest absolute Gasteiger partial charge is 0.207 e. The molecule has 29 heavy (non-hydrogen) atoms. The first-order valence-electron chi connectivity index (χ1n) is 8.94. The Hall–Kier alpha value is -3.13. The Labute approximate surface area is 171 Å². The second-order valence-electron chi connectivity index (χ2n) is 5.19. The number of halogens is 2. The molecule has 0 aliphatic carbocycles. The molecule has 0 aliphatic heterocycles. The van der Waals surface area contributed by atoms with Gasteiger partial charge in [-0.3, -0.25) is 15.0 Å². The highest BCUT2D eigenvalue weighted by Gasteiger charge is 2.17. The fourth-order valence-corrected chi connectivity index (χ4v) is 1.90. The minimum Gasteiger partial charge on any atom is -0.398 e. The van der Waals surface area contributed by atoms with E-state index in [2.05, 4.69) is 17.2 Å². The van der Waals surface area contributed by atoms with Crippen molar-refractivity contribution in [3.8, 4) is 0 Å². The molecule has 0 fully saturated rings. The number of hydrogen-bond acceptors (Lipinski definition) is 5. The zero-order valence-corrected chi connectivity index (χ0v) is 17.3. The van der Waals surface area contributed by atoms with Gasteiger partial charge in [-0.2, -0.15) is 0 Å². The summed E-state index contributed by atoms with van der Waals surface area (Å²) < 4.78 is 27.1. The van der Waals surface area contributed by atoms with Crippen molar-refractivity contribution in [2.45, 2.75) is 20.8 Å². The van der Waals surface area contributed by atoms with Crippen molar-refractivity contribution in [3.05, 3.63) is 65.3 Å². The van der Waals surface area contributed by atoms with Crippen LogP contribution in [-0.2, 0) is 4.79 Å². The van der Waals surface area contributed by atoms with Gasteiger partial charge in [0.1, 0.15) is 5.82 Å². The zero-order chi connectivity index (χ0) is 22.8. The van der Waals surface area contributed by atoms with E-state index in [4.69, 9.17) is 11.1 Å². The maximum absolute atomic E-state index is 14.1. The van der Waals surface area contributed by atoms with Crippen LogP contribution in [0.4, 0.5) is 14.5 Å². The minimum atomic E-state index is -0.898. The number of nitrogens with two attached hydrogens (primary N) is 1. The van der Waals surface area contributed by atoms with Crippen molar-refractivity contribution >= 4 is 24.1 Å². The number of allylic oxidation sites excluding steroid dienone is 5. The lowest BCUT2D eigenvalue weighted by atomic mass is 9.97. The number of benzene rings is 1. The Morgan fingerprint density at radius 3 is 2.34 bits per heavy atom. The molecule has 0 saturated carbocycles. The number of carbonyl (C=O) groups is 2. The molecule has 0 spiro atoms. The van der Waals surface area contributed by atoms with Crippen LogP contribution in [0.15, 0.2) is 48.3 Å². The molecule has 0 saturated heterocycles. The summed E-state index contributed by atoms with van der Waals surface area (Å²) in [5.41, 5.74) is 4.98. The van der Waals surface area contributed by atoms with E-state index in [0.29, 0.717) is 19.2 Å². The molecule has 8 heteroatoms. The number of rotatable bonds is 9. The van der Waals surface area contributed by atoms with Crippen molar-refractivity contribution in [1.82, 2.24) is 10.6 Å². The highest BCUT2D eigenvalue weighted by atomic mass is 19.1. The van der Waals surface area contributed by atoms with Crippen molar-refractivity contribution in [2.24, 2.45) is 0 Å². The predicted molar refractivity (Wildman–Crippen MR) is 116 cm³/mol. The first-order valence-corrected chi connectivity index (χ1v) is 8.94. The summed E-state index contributed by atoms with van der Waals surface area (Å²) in [6.45, 7) is 10.2. The molecule has 1 aromatic carbocycles. The lowest BCUT2D eigenvalue weighted by Crippen LogP contribution is -2.23. The number of nitrogens with one attached hydrogen (secondary N) is 3. The van der Waals surface area contributed by atoms with Crippen LogP contribution < -0.4 is 16.4 Å². The van der Waals surface area contributed by atoms with Crippen LogP contribution in [0.1, 0.15) is 36.7 Å². The second kappa shape index (κ2) is 17.0. The van der Waals surface area contributed by atoms with E-state index < -0.39 is 11.6 Å². The first kappa shape index (κ1) is 28.1. The van der Waals surface area contributed by atoms with E-state index in [-0.39, 0.29) is 28.1 Å². The molecule has 5 N–H and O–H groups in total. The van der Waals surface area contributed by atoms with Crippen LogP contribution >= 0.6 is 0 Å². The van der Waals surface area contributed by atoms with Gasteiger partial charge in [-0.1, -0.05) is 32.6 Å². The molecule has 0 heterocycles. The average molecular weight is 408 g/mol. The molecule has 6 nitrogen and oxygen atoms in total. The van der Waals surface area contributed by atoms with Crippen LogP contribution in [-0.4, -0.2) is 38.5 Å². The monoisotopic (exact) mass is 408 g/mol. The zero-order valence-electron chi connectivity index (χ0n) is 17.3. The molecule has 160 valence electrons. The third kappa shape index (κ3) is 10.7. The largest absolute Gasteiger partial charge is 0.398 e. The number of nitrogen functional groups attached to an aromatic ring is 1. The van der Waals surface area contributed by atoms with Gasteiger partial charge in [-0.25, -0.2) is 8.78 Å². The summed E-state index contributed by atoms with van der Waals surface area (Å²) in [5.74, 6) is -1.45. The molecular weight excluding hydrogens is 378 g/mol. The minimum absolute atomic E-state index is 0.00188. The number of hydrogen-bond donors (Lipinski definition) is 4. The molecule has 0 bridgehead atoms. The summed E-state index contributed by atoms with van der Waals surface area (Å²) in [7, 11) is 1.84. The first-order chi connectivity index (χ1) is 13.8. The van der Waals surface area contributed by atoms with E-state index in [0.717, 1.165) is 12.6 Å². The van der Waals surface area contributed by atoms with Gasteiger partial charge in [0.05, 0.1) is 22.7 Å². The van der Waals surface area contributed by atoms with Crippen molar-refractivity contribution < 1.29 is 18.4 Å². The van der Waals surface area contributed by atoms with Crippen LogP contribution in [0.2, 0.25) is 0 Å². The summed E-state index contributed by atoms with van der Waals surface area (Å²) >= 11 is 0. The number of anilines is 1. The van der Waals surface area contributed by atoms with Gasteiger partial charge in [-0.05, 0) is 32.2 Å². The fourth-order valence-electron chi connectivity index (χ4n) is 1.90. The highest BCUT2D eigenvalue weighted by molar-refractivity contribution is 6.16. The normalized spacial score (nSPS) is 10.6. The number of aldehydes is 1. The molecule has 1 amide bonds.